The van der Waals surface area contributed by atoms with Gasteiger partial charge in [-0.2, -0.15) is 0 Å². The molecule has 1 aliphatic heterocycles. The molecule has 0 radical (unpaired) electrons. The summed E-state index contributed by atoms with van der Waals surface area (Å²) in [5.41, 5.74) is 1.12. The van der Waals surface area contributed by atoms with Crippen LogP contribution in [0.4, 0.5) is 4.39 Å². The van der Waals surface area contributed by atoms with Crippen LogP contribution in [0.15, 0.2) is 54.9 Å². The predicted octanol–water partition coefficient (Wildman–Crippen LogP) is 0.242. The molecule has 1 aromatic heterocycles. The maximum atomic E-state index is 12.9. The number of aromatic nitrogens is 1. The van der Waals surface area contributed by atoms with Gasteiger partial charge in [0.1, 0.15) is 5.82 Å². The Balaban J connectivity index is 0.00000156. The van der Waals surface area contributed by atoms with Crippen LogP contribution in [0.25, 0.3) is 10.8 Å². The van der Waals surface area contributed by atoms with Crippen molar-refractivity contribution in [3.8, 4) is 11.5 Å². The molecule has 1 aliphatic rings. The van der Waals surface area contributed by atoms with Crippen molar-refractivity contribution in [3.05, 3.63) is 66.2 Å². The second-order valence-corrected chi connectivity index (χ2v) is 5.36. The fourth-order valence-electron chi connectivity index (χ4n) is 2.72. The van der Waals surface area contributed by atoms with Gasteiger partial charge in [0.15, 0.2) is 30.4 Å². The maximum absolute atomic E-state index is 12.9. The summed E-state index contributed by atoms with van der Waals surface area (Å²) >= 11 is 0. The fourth-order valence-corrected chi connectivity index (χ4v) is 2.72. The third-order valence-electron chi connectivity index (χ3n) is 3.92. The van der Waals surface area contributed by atoms with Gasteiger partial charge < -0.3 is 21.9 Å². The first-order valence-electron chi connectivity index (χ1n) is 7.25. The molecule has 23 heavy (non-hydrogen) atoms. The second kappa shape index (κ2) is 6.42. The molecule has 0 fully saturated rings. The highest BCUT2D eigenvalue weighted by Gasteiger charge is 2.18. The number of hydrogen-bond acceptors (Lipinski definition) is 2. The van der Waals surface area contributed by atoms with Gasteiger partial charge in [-0.3, -0.25) is 0 Å². The van der Waals surface area contributed by atoms with E-state index in [4.69, 9.17) is 9.47 Å². The summed E-state index contributed by atoms with van der Waals surface area (Å²) in [4.78, 5) is 0. The van der Waals surface area contributed by atoms with Crippen molar-refractivity contribution >= 4 is 10.8 Å². The highest BCUT2D eigenvalue weighted by molar-refractivity contribution is 5.89. The molecular weight excluding hydrogens is 317 g/mol. The summed E-state index contributed by atoms with van der Waals surface area (Å²) in [6.45, 7) is 1.10. The lowest BCUT2D eigenvalue weighted by Gasteiger charge is -2.03. The van der Waals surface area contributed by atoms with Crippen molar-refractivity contribution < 1.29 is 30.8 Å². The Morgan fingerprint density at radius 1 is 1.00 bits per heavy atom. The Morgan fingerprint density at radius 2 is 1.83 bits per heavy atom. The van der Waals surface area contributed by atoms with Crippen molar-refractivity contribution in [2.45, 2.75) is 13.0 Å². The molecule has 0 spiro atoms. The Morgan fingerprint density at radius 3 is 2.65 bits per heavy atom. The van der Waals surface area contributed by atoms with Crippen LogP contribution in [0.2, 0.25) is 0 Å². The van der Waals surface area contributed by atoms with Crippen molar-refractivity contribution in [1.82, 2.24) is 0 Å². The van der Waals surface area contributed by atoms with Crippen molar-refractivity contribution in [3.63, 3.8) is 0 Å². The van der Waals surface area contributed by atoms with E-state index in [2.05, 4.69) is 16.8 Å². The van der Waals surface area contributed by atoms with Crippen molar-refractivity contribution in [2.24, 2.45) is 0 Å². The third-order valence-corrected chi connectivity index (χ3v) is 3.92. The van der Waals surface area contributed by atoms with Crippen LogP contribution in [0.5, 0.6) is 11.5 Å². The van der Waals surface area contributed by atoms with Gasteiger partial charge in [-0.25, -0.2) is 8.96 Å². The first kappa shape index (κ1) is 15.6. The molecule has 0 amide bonds. The first-order chi connectivity index (χ1) is 10.8. The normalized spacial score (nSPS) is 12.2. The number of ether oxygens (including phenoxy) is 2. The van der Waals surface area contributed by atoms with Crippen LogP contribution in [-0.2, 0) is 13.0 Å². The van der Waals surface area contributed by atoms with Gasteiger partial charge in [0.25, 0.3) is 0 Å². The van der Waals surface area contributed by atoms with E-state index in [1.807, 2.05) is 30.5 Å². The van der Waals surface area contributed by atoms with E-state index in [-0.39, 0.29) is 25.0 Å². The number of rotatable bonds is 3. The SMILES string of the molecule is Fc1ccc(CC[n+]2ccc3ccc4c(c3c2)OCO4)cc1.[Cl-]. The van der Waals surface area contributed by atoms with Crippen molar-refractivity contribution in [1.29, 1.82) is 0 Å². The smallest absolute Gasteiger partial charge is 0.231 e. The summed E-state index contributed by atoms with van der Waals surface area (Å²) in [5, 5.41) is 2.18. The van der Waals surface area contributed by atoms with Gasteiger partial charge in [0, 0.05) is 12.5 Å². The molecular formula is C18H15ClFNO2. The van der Waals surface area contributed by atoms with Crippen molar-refractivity contribution in [2.75, 3.05) is 6.79 Å². The first-order valence-corrected chi connectivity index (χ1v) is 7.25. The summed E-state index contributed by atoms with van der Waals surface area (Å²) in [5.74, 6) is 1.41. The molecule has 0 aliphatic carbocycles. The zero-order valence-corrected chi connectivity index (χ0v) is 13.1. The number of fused-ring (bicyclic) bond motifs is 3. The molecule has 2 aromatic carbocycles. The molecule has 0 unspecified atom stereocenters. The molecule has 0 saturated heterocycles. The summed E-state index contributed by atoms with van der Waals surface area (Å²) in [6.07, 6.45) is 4.98. The van der Waals surface area contributed by atoms with E-state index in [0.717, 1.165) is 40.8 Å². The number of nitrogens with zero attached hydrogens (tertiary/aromatic N) is 1. The lowest BCUT2D eigenvalue weighted by atomic mass is 10.1. The van der Waals surface area contributed by atoms with Gasteiger partial charge in [0.05, 0.1) is 5.39 Å². The highest BCUT2D eigenvalue weighted by atomic mass is 35.5. The van der Waals surface area contributed by atoms with E-state index in [1.165, 1.54) is 12.1 Å². The third kappa shape index (κ3) is 3.08. The molecule has 4 rings (SSSR count). The minimum absolute atomic E-state index is 0. The van der Waals surface area contributed by atoms with E-state index >= 15 is 0 Å². The summed E-state index contributed by atoms with van der Waals surface area (Å²) in [6, 6.07) is 12.7. The van der Waals surface area contributed by atoms with Gasteiger partial charge >= 0.3 is 0 Å². The van der Waals surface area contributed by atoms with E-state index in [1.54, 1.807) is 0 Å². The summed E-state index contributed by atoms with van der Waals surface area (Å²) < 4.78 is 26.0. The Bertz CT molecular complexity index is 836. The lowest BCUT2D eigenvalue weighted by Crippen LogP contribution is -3.00. The molecule has 0 atom stereocenters. The average molecular weight is 332 g/mol. The molecule has 5 heteroatoms. The maximum Gasteiger partial charge on any atom is 0.231 e. The van der Waals surface area contributed by atoms with Crippen LogP contribution in [-0.4, -0.2) is 6.79 Å². The van der Waals surface area contributed by atoms with E-state index < -0.39 is 0 Å². The number of aryl methyl sites for hydroxylation is 2. The van der Waals surface area contributed by atoms with Gasteiger partial charge in [-0.05, 0) is 35.2 Å². The van der Waals surface area contributed by atoms with Crippen LogP contribution >= 0.6 is 0 Å². The Labute approximate surface area is 139 Å². The average Bonchev–Trinajstić information content (AvgIpc) is 3.03. The zero-order valence-electron chi connectivity index (χ0n) is 12.3. The van der Waals surface area contributed by atoms with E-state index in [0.29, 0.717) is 0 Å². The molecule has 0 bridgehead atoms. The summed E-state index contributed by atoms with van der Waals surface area (Å²) in [7, 11) is 0. The number of benzene rings is 2. The number of hydrogen-bond donors (Lipinski definition) is 0. The largest absolute Gasteiger partial charge is 1.00 e. The number of pyridine rings is 1. The zero-order chi connectivity index (χ0) is 14.9. The van der Waals surface area contributed by atoms with Crippen LogP contribution in [0.3, 0.4) is 0 Å². The van der Waals surface area contributed by atoms with Gasteiger partial charge in [-0.1, -0.05) is 12.1 Å². The highest BCUT2D eigenvalue weighted by Crippen LogP contribution is 2.38. The molecule has 0 N–H and O–H groups in total. The predicted molar refractivity (Wildman–Crippen MR) is 80.4 cm³/mol. The van der Waals surface area contributed by atoms with Crippen LogP contribution < -0.4 is 26.4 Å². The molecule has 3 nitrogen and oxygen atoms in total. The molecule has 0 saturated carbocycles. The van der Waals surface area contributed by atoms with Gasteiger partial charge in [0.2, 0.25) is 6.79 Å². The Hall–Kier alpha value is -2.33. The number of halogens is 2. The molecule has 2 heterocycles. The van der Waals surface area contributed by atoms with E-state index in [9.17, 15) is 4.39 Å². The van der Waals surface area contributed by atoms with Crippen LogP contribution in [0, 0.1) is 5.82 Å². The topological polar surface area (TPSA) is 22.3 Å². The molecule has 118 valence electrons. The minimum atomic E-state index is -0.199. The second-order valence-electron chi connectivity index (χ2n) is 5.36. The van der Waals surface area contributed by atoms with Crippen LogP contribution in [0.1, 0.15) is 5.56 Å². The fraction of sp³-hybridized carbons (Fsp3) is 0.167. The van der Waals surface area contributed by atoms with Gasteiger partial charge in [-0.15, -0.1) is 0 Å². The standard InChI is InChI=1S/C18H15FNO2.ClH/c19-15-4-1-13(2-5-15)7-9-20-10-8-14-3-6-17-18(16(14)11-20)22-12-21-17;/h1-6,8,10-11H,7,9,12H2;1H/q+1;/p-1. The Kier molecular flexibility index (Phi) is 4.35. The lowest BCUT2D eigenvalue weighted by molar-refractivity contribution is -0.695. The minimum Gasteiger partial charge on any atom is -1.00 e. The molecule has 3 aromatic rings. The quantitative estimate of drug-likeness (QED) is 0.642. The monoisotopic (exact) mass is 331 g/mol.